The lowest BCUT2D eigenvalue weighted by molar-refractivity contribution is -0.0520. The van der Waals surface area contributed by atoms with Crippen molar-refractivity contribution in [3.63, 3.8) is 0 Å². The van der Waals surface area contributed by atoms with Crippen molar-refractivity contribution >= 4 is 41.3 Å². The Morgan fingerprint density at radius 2 is 1.96 bits per heavy atom. The summed E-state index contributed by atoms with van der Waals surface area (Å²) in [7, 11) is 1.65. The number of halogens is 3. The predicted octanol–water partition coefficient (Wildman–Crippen LogP) is 4.24. The van der Waals surface area contributed by atoms with Gasteiger partial charge in [-0.05, 0) is 26.8 Å². The molecule has 0 saturated carbocycles. The first kappa shape index (κ1) is 24.3. The molecule has 0 aliphatic rings. The van der Waals surface area contributed by atoms with Gasteiger partial charge in [0.2, 0.25) is 0 Å². The van der Waals surface area contributed by atoms with E-state index in [-0.39, 0.29) is 42.0 Å². The molecule has 0 saturated heterocycles. The molecule has 0 fully saturated rings. The number of nitrogens with one attached hydrogen (secondary N) is 2. The molecule has 6 nitrogen and oxygen atoms in total. The minimum absolute atomic E-state index is 0. The Morgan fingerprint density at radius 1 is 1.25 bits per heavy atom. The maximum Gasteiger partial charge on any atom is 0.387 e. The first-order valence-corrected chi connectivity index (χ1v) is 9.33. The van der Waals surface area contributed by atoms with Gasteiger partial charge in [0.15, 0.2) is 17.5 Å². The van der Waals surface area contributed by atoms with Gasteiger partial charge in [-0.2, -0.15) is 8.78 Å². The highest BCUT2D eigenvalue weighted by molar-refractivity contribution is 14.0. The molecule has 0 amide bonds. The number of hydrogen-bond acceptors (Lipinski definition) is 5. The van der Waals surface area contributed by atoms with E-state index in [1.54, 1.807) is 43.5 Å². The van der Waals surface area contributed by atoms with Gasteiger partial charge in [-0.3, -0.25) is 4.99 Å². The predicted molar refractivity (Wildman–Crippen MR) is 118 cm³/mol. The fourth-order valence-corrected chi connectivity index (χ4v) is 3.37. The van der Waals surface area contributed by atoms with E-state index in [2.05, 4.69) is 25.3 Å². The summed E-state index contributed by atoms with van der Waals surface area (Å²) in [4.78, 5) is 9.67. The third kappa shape index (κ3) is 7.04. The van der Waals surface area contributed by atoms with Gasteiger partial charge in [-0.15, -0.1) is 35.3 Å². The Labute approximate surface area is 184 Å². The second-order valence-corrected chi connectivity index (χ2v) is 6.86. The van der Waals surface area contributed by atoms with E-state index >= 15 is 0 Å². The molecule has 2 rings (SSSR count). The number of alkyl halides is 2. The maximum absolute atomic E-state index is 12.8. The molecule has 0 atom stereocenters. The van der Waals surface area contributed by atoms with Crippen LogP contribution >= 0.6 is 35.3 Å². The normalized spacial score (nSPS) is 11.2. The zero-order valence-corrected chi connectivity index (χ0v) is 19.4. The van der Waals surface area contributed by atoms with Crippen LogP contribution in [0.1, 0.15) is 28.1 Å². The molecule has 0 radical (unpaired) electrons. The lowest BCUT2D eigenvalue weighted by Crippen LogP contribution is -2.36. The van der Waals surface area contributed by atoms with Gasteiger partial charge in [0.25, 0.3) is 0 Å². The Balaban J connectivity index is 0.00000392. The fourth-order valence-electron chi connectivity index (χ4n) is 2.49. The summed E-state index contributed by atoms with van der Waals surface area (Å²) < 4.78 is 35.7. The zero-order valence-electron chi connectivity index (χ0n) is 16.2. The third-order valence-electron chi connectivity index (χ3n) is 3.65. The molecule has 0 spiro atoms. The van der Waals surface area contributed by atoms with Crippen molar-refractivity contribution in [2.24, 2.45) is 4.99 Å². The van der Waals surface area contributed by atoms with Gasteiger partial charge < -0.3 is 20.1 Å². The summed E-state index contributed by atoms with van der Waals surface area (Å²) in [6, 6.07) is 5.05. The van der Waals surface area contributed by atoms with Crippen LogP contribution in [0.5, 0.6) is 11.5 Å². The molecule has 1 aromatic carbocycles. The number of nitrogens with zero attached hydrogens (tertiary/aromatic N) is 2. The van der Waals surface area contributed by atoms with E-state index in [0.717, 1.165) is 15.6 Å². The monoisotopic (exact) mass is 526 g/mol. The number of guanidine groups is 1. The van der Waals surface area contributed by atoms with Crippen LogP contribution in [0.3, 0.4) is 0 Å². The van der Waals surface area contributed by atoms with Gasteiger partial charge >= 0.3 is 6.61 Å². The van der Waals surface area contributed by atoms with Gasteiger partial charge in [0.1, 0.15) is 0 Å². The largest absolute Gasteiger partial charge is 0.490 e. The molecule has 2 aromatic rings. The molecule has 0 aliphatic heterocycles. The zero-order chi connectivity index (χ0) is 19.8. The van der Waals surface area contributed by atoms with Gasteiger partial charge in [0, 0.05) is 24.0 Å². The molecular weight excluding hydrogens is 501 g/mol. The fraction of sp³-hybridized carbons (Fsp3) is 0.444. The highest BCUT2D eigenvalue weighted by Gasteiger charge is 2.16. The van der Waals surface area contributed by atoms with Crippen LogP contribution in [0.4, 0.5) is 8.78 Å². The number of thiazole rings is 1. The number of aryl methyl sites for hydroxylation is 2. The summed E-state index contributed by atoms with van der Waals surface area (Å²) in [5.41, 5.74) is 1.53. The summed E-state index contributed by atoms with van der Waals surface area (Å²) >= 11 is 1.62. The van der Waals surface area contributed by atoms with Crippen LogP contribution in [0.2, 0.25) is 0 Å². The van der Waals surface area contributed by atoms with E-state index in [9.17, 15) is 8.78 Å². The second-order valence-electron chi connectivity index (χ2n) is 5.58. The third-order valence-corrected chi connectivity index (χ3v) is 4.73. The molecule has 0 unspecified atom stereocenters. The van der Waals surface area contributed by atoms with Gasteiger partial charge in [-0.1, -0.05) is 12.1 Å². The standard InChI is InChI=1S/C18H24F2N4O2S.HI/c1-5-25-14-8-6-7-13(16(14)26-17(19)20)9-22-18(21-4)23-10-15-11(2)24-12(3)27-15;/h6-8,17H,5,9-10H2,1-4H3,(H2,21,22,23);1H. The number of para-hydroxylation sites is 1. The van der Waals surface area contributed by atoms with Gasteiger partial charge in [0.05, 0.1) is 23.9 Å². The Bertz CT molecular complexity index is 787. The number of aromatic nitrogens is 1. The summed E-state index contributed by atoms with van der Waals surface area (Å²) in [5.74, 6) is 0.868. The first-order valence-electron chi connectivity index (χ1n) is 8.51. The number of aliphatic imine (C=N–C) groups is 1. The lowest BCUT2D eigenvalue weighted by Gasteiger charge is -2.17. The highest BCUT2D eigenvalue weighted by atomic mass is 127. The average Bonchev–Trinajstić information content (AvgIpc) is 2.94. The Hall–Kier alpha value is -1.69. The van der Waals surface area contributed by atoms with Crippen LogP contribution < -0.4 is 20.1 Å². The van der Waals surface area contributed by atoms with Crippen molar-refractivity contribution in [3.8, 4) is 11.5 Å². The minimum atomic E-state index is -2.93. The Morgan fingerprint density at radius 3 is 2.54 bits per heavy atom. The van der Waals surface area contributed by atoms with Crippen LogP contribution in [-0.2, 0) is 13.1 Å². The topological polar surface area (TPSA) is 67.8 Å². The second kappa shape index (κ2) is 12.0. The van der Waals surface area contributed by atoms with E-state index in [1.165, 1.54) is 0 Å². The van der Waals surface area contributed by atoms with E-state index in [0.29, 0.717) is 24.7 Å². The van der Waals surface area contributed by atoms with Crippen LogP contribution in [0.15, 0.2) is 23.2 Å². The maximum atomic E-state index is 12.8. The molecule has 1 heterocycles. The molecule has 10 heteroatoms. The Kier molecular flexibility index (Phi) is 10.4. The smallest absolute Gasteiger partial charge is 0.387 e. The molecule has 0 bridgehead atoms. The average molecular weight is 526 g/mol. The summed E-state index contributed by atoms with van der Waals surface area (Å²) in [6.45, 7) is 3.97. The van der Waals surface area contributed by atoms with Crippen LogP contribution in [0, 0.1) is 13.8 Å². The minimum Gasteiger partial charge on any atom is -0.490 e. The summed E-state index contributed by atoms with van der Waals surface area (Å²) in [6.07, 6.45) is 0. The van der Waals surface area contributed by atoms with E-state index < -0.39 is 6.61 Å². The van der Waals surface area contributed by atoms with E-state index in [1.807, 2.05) is 13.8 Å². The molecule has 156 valence electrons. The van der Waals surface area contributed by atoms with Crippen molar-refractivity contribution < 1.29 is 18.3 Å². The quantitative estimate of drug-likeness (QED) is 0.306. The molecule has 2 N–H and O–H groups in total. The van der Waals surface area contributed by atoms with Crippen molar-refractivity contribution in [3.05, 3.63) is 39.3 Å². The van der Waals surface area contributed by atoms with Crippen molar-refractivity contribution in [2.75, 3.05) is 13.7 Å². The molecule has 28 heavy (non-hydrogen) atoms. The molecular formula is C18H25F2IN4O2S. The lowest BCUT2D eigenvalue weighted by atomic mass is 10.2. The number of benzene rings is 1. The highest BCUT2D eigenvalue weighted by Crippen LogP contribution is 2.32. The van der Waals surface area contributed by atoms with E-state index in [4.69, 9.17) is 4.74 Å². The summed E-state index contributed by atoms with van der Waals surface area (Å²) in [5, 5.41) is 7.32. The molecule has 0 aliphatic carbocycles. The number of rotatable bonds is 8. The first-order chi connectivity index (χ1) is 12.9. The van der Waals surface area contributed by atoms with Crippen molar-refractivity contribution in [2.45, 2.75) is 40.5 Å². The number of ether oxygens (including phenoxy) is 2. The van der Waals surface area contributed by atoms with Crippen molar-refractivity contribution in [1.82, 2.24) is 15.6 Å². The molecule has 1 aromatic heterocycles. The van der Waals surface area contributed by atoms with Gasteiger partial charge in [-0.25, -0.2) is 4.98 Å². The number of hydrogen-bond donors (Lipinski definition) is 2. The van der Waals surface area contributed by atoms with Crippen LogP contribution in [-0.4, -0.2) is 31.2 Å². The van der Waals surface area contributed by atoms with Crippen molar-refractivity contribution in [1.29, 1.82) is 0 Å². The SMILES string of the molecule is CCOc1cccc(CNC(=NC)NCc2sc(C)nc2C)c1OC(F)F.I. The van der Waals surface area contributed by atoms with Crippen LogP contribution in [0.25, 0.3) is 0 Å².